The van der Waals surface area contributed by atoms with Gasteiger partial charge in [0.25, 0.3) is 0 Å². The maximum absolute atomic E-state index is 11.2. The zero-order valence-electron chi connectivity index (χ0n) is 11.6. The highest BCUT2D eigenvalue weighted by Crippen LogP contribution is 2.32. The van der Waals surface area contributed by atoms with Gasteiger partial charge in [0.05, 0.1) is 12.0 Å². The predicted molar refractivity (Wildman–Crippen MR) is 73.2 cm³/mol. The van der Waals surface area contributed by atoms with Gasteiger partial charge in [-0.05, 0) is 32.9 Å². The van der Waals surface area contributed by atoms with Crippen molar-refractivity contribution in [3.05, 3.63) is 29.8 Å². The van der Waals surface area contributed by atoms with E-state index in [0.29, 0.717) is 19.6 Å². The molecule has 2 rings (SSSR count). The Morgan fingerprint density at radius 3 is 2.84 bits per heavy atom. The molecule has 0 aliphatic carbocycles. The predicted octanol–water partition coefficient (Wildman–Crippen LogP) is 2.38. The maximum atomic E-state index is 11.2. The van der Waals surface area contributed by atoms with Crippen LogP contribution >= 0.6 is 0 Å². The fourth-order valence-electron chi connectivity index (χ4n) is 2.54. The van der Waals surface area contributed by atoms with E-state index < -0.39 is 11.4 Å². The van der Waals surface area contributed by atoms with E-state index in [9.17, 15) is 9.90 Å². The van der Waals surface area contributed by atoms with Crippen molar-refractivity contribution < 1.29 is 14.6 Å². The number of benzene rings is 1. The van der Waals surface area contributed by atoms with Gasteiger partial charge in [-0.25, -0.2) is 0 Å². The van der Waals surface area contributed by atoms with Gasteiger partial charge < -0.3 is 9.84 Å². The molecular formula is C15H21NO3. The Labute approximate surface area is 114 Å². The minimum atomic E-state index is -0.701. The standard InChI is InChI=1S/C15H21NO3/c1-3-19-13-7-5-4-6-12(13)10-16-9-8-15(2,11-16)14(17)18/h4-7H,3,8-11H2,1-2H3,(H,17,18). The lowest BCUT2D eigenvalue weighted by Crippen LogP contribution is -2.31. The third-order valence-electron chi connectivity index (χ3n) is 3.74. The van der Waals surface area contributed by atoms with E-state index >= 15 is 0 Å². The molecule has 1 saturated heterocycles. The van der Waals surface area contributed by atoms with E-state index in [1.807, 2.05) is 38.1 Å². The molecule has 0 bridgehead atoms. The molecule has 19 heavy (non-hydrogen) atoms. The molecule has 0 spiro atoms. The zero-order valence-corrected chi connectivity index (χ0v) is 11.6. The molecule has 0 saturated carbocycles. The smallest absolute Gasteiger partial charge is 0.310 e. The lowest BCUT2D eigenvalue weighted by molar-refractivity contribution is -0.147. The van der Waals surface area contributed by atoms with Crippen LogP contribution in [0.4, 0.5) is 0 Å². The van der Waals surface area contributed by atoms with Crippen LogP contribution < -0.4 is 4.74 Å². The van der Waals surface area contributed by atoms with Crippen LogP contribution in [0.5, 0.6) is 5.75 Å². The summed E-state index contributed by atoms with van der Waals surface area (Å²) >= 11 is 0. The second-order valence-corrected chi connectivity index (χ2v) is 5.37. The molecule has 1 aromatic rings. The second kappa shape index (κ2) is 5.61. The van der Waals surface area contributed by atoms with Crippen molar-refractivity contribution in [2.75, 3.05) is 19.7 Å². The van der Waals surface area contributed by atoms with Crippen molar-refractivity contribution in [3.63, 3.8) is 0 Å². The number of likely N-dealkylation sites (tertiary alicyclic amines) is 1. The third-order valence-corrected chi connectivity index (χ3v) is 3.74. The summed E-state index contributed by atoms with van der Waals surface area (Å²) in [6.07, 6.45) is 0.707. The Kier molecular flexibility index (Phi) is 4.10. The van der Waals surface area contributed by atoms with Crippen LogP contribution in [0.1, 0.15) is 25.8 Å². The van der Waals surface area contributed by atoms with Crippen molar-refractivity contribution in [2.24, 2.45) is 5.41 Å². The minimum absolute atomic E-state index is 0.600. The number of para-hydroxylation sites is 1. The third kappa shape index (κ3) is 3.07. The van der Waals surface area contributed by atoms with Crippen molar-refractivity contribution >= 4 is 5.97 Å². The number of carboxylic acids is 1. The summed E-state index contributed by atoms with van der Waals surface area (Å²) in [6, 6.07) is 7.96. The van der Waals surface area contributed by atoms with Crippen molar-refractivity contribution in [3.8, 4) is 5.75 Å². The van der Waals surface area contributed by atoms with E-state index in [1.165, 1.54) is 0 Å². The molecular weight excluding hydrogens is 242 g/mol. The first-order valence-corrected chi connectivity index (χ1v) is 6.71. The molecule has 0 aromatic heterocycles. The Morgan fingerprint density at radius 2 is 2.21 bits per heavy atom. The van der Waals surface area contributed by atoms with E-state index in [0.717, 1.165) is 24.4 Å². The number of hydrogen-bond acceptors (Lipinski definition) is 3. The molecule has 1 atom stereocenters. The summed E-state index contributed by atoms with van der Waals surface area (Å²) in [4.78, 5) is 13.4. The molecule has 1 aliphatic rings. The minimum Gasteiger partial charge on any atom is -0.494 e. The van der Waals surface area contributed by atoms with Crippen molar-refractivity contribution in [2.45, 2.75) is 26.8 Å². The lowest BCUT2D eigenvalue weighted by Gasteiger charge is -2.21. The second-order valence-electron chi connectivity index (χ2n) is 5.37. The molecule has 1 N–H and O–H groups in total. The highest BCUT2D eigenvalue weighted by Gasteiger charge is 2.40. The molecule has 4 nitrogen and oxygen atoms in total. The van der Waals surface area contributed by atoms with Crippen LogP contribution in [0.3, 0.4) is 0 Å². The van der Waals surface area contributed by atoms with Gasteiger partial charge in [0, 0.05) is 18.7 Å². The SMILES string of the molecule is CCOc1ccccc1CN1CCC(C)(C(=O)O)C1. The molecule has 1 heterocycles. The summed E-state index contributed by atoms with van der Waals surface area (Å²) in [6.45, 7) is 6.60. The van der Waals surface area contributed by atoms with Crippen LogP contribution in [0.15, 0.2) is 24.3 Å². The molecule has 0 radical (unpaired) electrons. The van der Waals surface area contributed by atoms with Gasteiger partial charge >= 0.3 is 5.97 Å². The van der Waals surface area contributed by atoms with Gasteiger partial charge in [0.15, 0.2) is 0 Å². The van der Waals surface area contributed by atoms with Crippen LogP contribution in [-0.4, -0.2) is 35.7 Å². The van der Waals surface area contributed by atoms with Gasteiger partial charge in [-0.3, -0.25) is 9.69 Å². The number of hydrogen-bond donors (Lipinski definition) is 1. The van der Waals surface area contributed by atoms with Crippen LogP contribution in [0.25, 0.3) is 0 Å². The topological polar surface area (TPSA) is 49.8 Å². The van der Waals surface area contributed by atoms with Crippen LogP contribution in [0.2, 0.25) is 0 Å². The quantitative estimate of drug-likeness (QED) is 0.886. The molecule has 1 aliphatic heterocycles. The zero-order chi connectivity index (χ0) is 13.9. The fourth-order valence-corrected chi connectivity index (χ4v) is 2.54. The largest absolute Gasteiger partial charge is 0.494 e. The highest BCUT2D eigenvalue weighted by atomic mass is 16.5. The molecule has 4 heteroatoms. The van der Waals surface area contributed by atoms with Gasteiger partial charge in [-0.2, -0.15) is 0 Å². The number of ether oxygens (including phenoxy) is 1. The number of aliphatic carboxylic acids is 1. The number of rotatable bonds is 5. The first-order valence-electron chi connectivity index (χ1n) is 6.71. The summed E-state index contributed by atoms with van der Waals surface area (Å²) in [7, 11) is 0. The van der Waals surface area contributed by atoms with E-state index in [2.05, 4.69) is 4.90 Å². The Morgan fingerprint density at radius 1 is 1.47 bits per heavy atom. The van der Waals surface area contributed by atoms with Crippen molar-refractivity contribution in [1.82, 2.24) is 4.90 Å². The highest BCUT2D eigenvalue weighted by molar-refractivity contribution is 5.74. The van der Waals surface area contributed by atoms with E-state index in [4.69, 9.17) is 4.74 Å². The first kappa shape index (κ1) is 13.9. The molecule has 104 valence electrons. The molecule has 1 fully saturated rings. The Hall–Kier alpha value is -1.55. The molecule has 1 unspecified atom stereocenters. The van der Waals surface area contributed by atoms with Gasteiger partial charge in [0.2, 0.25) is 0 Å². The van der Waals surface area contributed by atoms with E-state index in [1.54, 1.807) is 0 Å². The van der Waals surface area contributed by atoms with Crippen molar-refractivity contribution in [1.29, 1.82) is 0 Å². The molecule has 0 amide bonds. The van der Waals surface area contributed by atoms with Crippen LogP contribution in [-0.2, 0) is 11.3 Å². The van der Waals surface area contributed by atoms with Gasteiger partial charge in [-0.1, -0.05) is 18.2 Å². The first-order chi connectivity index (χ1) is 9.05. The van der Waals surface area contributed by atoms with E-state index in [-0.39, 0.29) is 0 Å². The maximum Gasteiger partial charge on any atom is 0.310 e. The Bertz CT molecular complexity index is 460. The lowest BCUT2D eigenvalue weighted by atomic mass is 9.90. The summed E-state index contributed by atoms with van der Waals surface area (Å²) in [5.41, 5.74) is 0.514. The number of carboxylic acid groups (broad SMARTS) is 1. The fraction of sp³-hybridized carbons (Fsp3) is 0.533. The average Bonchev–Trinajstić information content (AvgIpc) is 2.75. The monoisotopic (exact) mass is 263 g/mol. The number of nitrogens with zero attached hydrogens (tertiary/aromatic N) is 1. The summed E-state index contributed by atoms with van der Waals surface area (Å²) < 4.78 is 5.60. The molecule has 1 aromatic carbocycles. The van der Waals surface area contributed by atoms with Gasteiger partial charge in [0.1, 0.15) is 5.75 Å². The normalized spacial score (nSPS) is 23.5. The number of carbonyl (C=O) groups is 1. The van der Waals surface area contributed by atoms with Crippen LogP contribution in [0, 0.1) is 5.41 Å². The van der Waals surface area contributed by atoms with Gasteiger partial charge in [-0.15, -0.1) is 0 Å². The average molecular weight is 263 g/mol. The Balaban J connectivity index is 2.05. The summed E-state index contributed by atoms with van der Waals surface area (Å²) in [5.74, 6) is 0.196. The summed E-state index contributed by atoms with van der Waals surface area (Å²) in [5, 5.41) is 9.24.